The van der Waals surface area contributed by atoms with Crippen LogP contribution in [0.3, 0.4) is 0 Å². The van der Waals surface area contributed by atoms with Gasteiger partial charge in [0.15, 0.2) is 0 Å². The van der Waals surface area contributed by atoms with Crippen molar-refractivity contribution in [3.63, 3.8) is 0 Å². The molecule has 0 fully saturated rings. The van der Waals surface area contributed by atoms with Crippen molar-refractivity contribution >= 4 is 16.6 Å². The van der Waals surface area contributed by atoms with Gasteiger partial charge in [0, 0.05) is 5.82 Å². The van der Waals surface area contributed by atoms with Crippen molar-refractivity contribution in [3.05, 3.63) is 47.4 Å². The molecule has 0 aliphatic rings. The molecular weight excluding hydrogens is 234 g/mol. The summed E-state index contributed by atoms with van der Waals surface area (Å²) < 4.78 is 2.04. The molecule has 0 spiro atoms. The first-order valence-electron chi connectivity index (χ1n) is 6.81. The van der Waals surface area contributed by atoms with E-state index >= 15 is 0 Å². The number of hydrogen-bond donors (Lipinski definition) is 1. The van der Waals surface area contributed by atoms with Gasteiger partial charge < -0.3 is 15.6 Å². The number of aryl methyl sites for hydroxylation is 1. The number of aromatic nitrogens is 1. The van der Waals surface area contributed by atoms with Crippen LogP contribution in [0, 0.1) is 20.0 Å². The summed E-state index contributed by atoms with van der Waals surface area (Å²) >= 11 is 0. The van der Waals surface area contributed by atoms with Gasteiger partial charge in [-0.05, 0) is 37.3 Å². The summed E-state index contributed by atoms with van der Waals surface area (Å²) in [6, 6.07) is 8.16. The zero-order valence-electron chi connectivity index (χ0n) is 12.2. The van der Waals surface area contributed by atoms with E-state index in [1.807, 2.05) is 29.8 Å². The normalized spacial score (nSPS) is 10.9. The van der Waals surface area contributed by atoms with E-state index in [1.165, 1.54) is 10.9 Å². The summed E-state index contributed by atoms with van der Waals surface area (Å²) in [7, 11) is 1.93. The second kappa shape index (κ2) is 5.49. The SMILES string of the molecule is CCC[C-](NC)[n+]1c(C)c(C)c2ccccc2c1[NH-]. The van der Waals surface area contributed by atoms with Crippen molar-refractivity contribution in [2.24, 2.45) is 0 Å². The van der Waals surface area contributed by atoms with Crippen molar-refractivity contribution in [3.8, 4) is 0 Å². The number of pyridine rings is 1. The zero-order chi connectivity index (χ0) is 14.0. The Labute approximate surface area is 115 Å². The van der Waals surface area contributed by atoms with Gasteiger partial charge in [-0.2, -0.15) is 0 Å². The smallest absolute Gasteiger partial charge is 0.0265 e. The van der Waals surface area contributed by atoms with Gasteiger partial charge in [0.25, 0.3) is 0 Å². The topological polar surface area (TPSA) is 39.7 Å². The summed E-state index contributed by atoms with van der Waals surface area (Å²) in [5, 5.41) is 5.44. The Balaban J connectivity index is 2.73. The molecule has 0 aliphatic carbocycles. The van der Waals surface area contributed by atoms with Gasteiger partial charge in [-0.15, -0.1) is 0 Å². The summed E-state index contributed by atoms with van der Waals surface area (Å²) in [5.41, 5.74) is 10.9. The van der Waals surface area contributed by atoms with E-state index in [9.17, 15) is 0 Å². The van der Waals surface area contributed by atoms with E-state index in [2.05, 4.69) is 32.2 Å². The minimum atomic E-state index is 0.566. The van der Waals surface area contributed by atoms with E-state index in [0.717, 1.165) is 30.1 Å². The van der Waals surface area contributed by atoms with Gasteiger partial charge >= 0.3 is 0 Å². The second-order valence-electron chi connectivity index (χ2n) is 4.89. The summed E-state index contributed by atoms with van der Waals surface area (Å²) in [5.74, 6) is 0.566. The van der Waals surface area contributed by atoms with E-state index < -0.39 is 0 Å². The van der Waals surface area contributed by atoms with Crippen molar-refractivity contribution in [2.75, 3.05) is 7.05 Å². The van der Waals surface area contributed by atoms with E-state index in [-0.39, 0.29) is 0 Å². The maximum atomic E-state index is 8.49. The van der Waals surface area contributed by atoms with E-state index in [4.69, 9.17) is 5.73 Å². The molecule has 2 rings (SSSR count). The number of rotatable bonds is 4. The highest BCUT2D eigenvalue weighted by molar-refractivity contribution is 5.93. The van der Waals surface area contributed by atoms with Gasteiger partial charge in [-0.1, -0.05) is 55.8 Å². The molecule has 3 nitrogen and oxygen atoms in total. The fourth-order valence-electron chi connectivity index (χ4n) is 2.59. The predicted molar refractivity (Wildman–Crippen MR) is 80.2 cm³/mol. The van der Waals surface area contributed by atoms with E-state index in [0.29, 0.717) is 5.82 Å². The first-order valence-corrected chi connectivity index (χ1v) is 6.81. The van der Waals surface area contributed by atoms with E-state index in [1.54, 1.807) is 0 Å². The number of nitrogens with zero attached hydrogens (tertiary/aromatic N) is 1. The third kappa shape index (κ3) is 2.26. The Bertz CT molecular complexity index is 590. The number of nitrogens with one attached hydrogen (secondary N) is 2. The average molecular weight is 256 g/mol. The number of fused-ring (bicyclic) bond motifs is 1. The molecule has 1 aromatic heterocycles. The third-order valence-corrected chi connectivity index (χ3v) is 3.73. The lowest BCUT2D eigenvalue weighted by Crippen LogP contribution is -2.49. The van der Waals surface area contributed by atoms with Crippen LogP contribution in [0.1, 0.15) is 31.0 Å². The van der Waals surface area contributed by atoms with Gasteiger partial charge in [-0.3, -0.25) is 0 Å². The van der Waals surface area contributed by atoms with Gasteiger partial charge in [0.2, 0.25) is 0 Å². The lowest BCUT2D eigenvalue weighted by molar-refractivity contribution is -0.654. The van der Waals surface area contributed by atoms with Crippen LogP contribution in [0.15, 0.2) is 24.3 Å². The highest BCUT2D eigenvalue weighted by atomic mass is 15.2. The molecule has 102 valence electrons. The Hall–Kier alpha value is -1.74. The van der Waals surface area contributed by atoms with Crippen LogP contribution < -0.4 is 9.88 Å². The summed E-state index contributed by atoms with van der Waals surface area (Å²) in [6.45, 7) is 6.38. The van der Waals surface area contributed by atoms with Crippen molar-refractivity contribution in [1.29, 1.82) is 0 Å². The Morgan fingerprint density at radius 1 is 1.21 bits per heavy atom. The van der Waals surface area contributed by atoms with Crippen LogP contribution in [-0.2, 0) is 0 Å². The van der Waals surface area contributed by atoms with Gasteiger partial charge in [0.05, 0.1) is 0 Å². The first kappa shape index (κ1) is 13.7. The molecule has 0 radical (unpaired) electrons. The molecule has 2 aromatic rings. The number of hydrogen-bond acceptors (Lipinski definition) is 1. The molecule has 19 heavy (non-hydrogen) atoms. The molecule has 3 heteroatoms. The summed E-state index contributed by atoms with van der Waals surface area (Å²) in [6.07, 6.45) is 3.11. The minimum Gasteiger partial charge on any atom is -0.452 e. The van der Waals surface area contributed by atoms with Crippen LogP contribution in [0.4, 0.5) is 5.82 Å². The highest BCUT2D eigenvalue weighted by Crippen LogP contribution is 2.27. The maximum Gasteiger partial charge on any atom is 0.0265 e. The molecule has 0 bridgehead atoms. The Morgan fingerprint density at radius 2 is 1.84 bits per heavy atom. The van der Waals surface area contributed by atoms with Crippen LogP contribution in [0.2, 0.25) is 0 Å². The molecule has 0 unspecified atom stereocenters. The molecule has 0 aliphatic heterocycles. The molecular formula is C16H22N3-. The minimum absolute atomic E-state index is 0.566. The van der Waals surface area contributed by atoms with Crippen molar-refractivity contribution in [1.82, 2.24) is 5.32 Å². The molecule has 0 atom stereocenters. The lowest BCUT2D eigenvalue weighted by Gasteiger charge is -2.36. The lowest BCUT2D eigenvalue weighted by atomic mass is 10.0. The quantitative estimate of drug-likeness (QED) is 0.656. The number of benzene rings is 1. The maximum absolute atomic E-state index is 8.49. The Kier molecular flexibility index (Phi) is 3.96. The second-order valence-corrected chi connectivity index (χ2v) is 4.89. The molecule has 1 heterocycles. The van der Waals surface area contributed by atoms with Crippen LogP contribution >= 0.6 is 0 Å². The highest BCUT2D eigenvalue weighted by Gasteiger charge is 2.08. The summed E-state index contributed by atoms with van der Waals surface area (Å²) in [4.78, 5) is 0. The predicted octanol–water partition coefficient (Wildman–Crippen LogP) is 3.78. The van der Waals surface area contributed by atoms with Crippen molar-refractivity contribution in [2.45, 2.75) is 33.6 Å². The standard InChI is InChI=1S/C16H22N3/c1-5-8-15(18-4)19-12(3)11(2)13-9-6-7-10-14(13)16(19)17/h6-7,9-10,17-18H,5,8H2,1-4H3/q-1. The fraction of sp³-hybridized carbons (Fsp3) is 0.375. The Morgan fingerprint density at radius 3 is 2.42 bits per heavy atom. The van der Waals surface area contributed by atoms with Crippen LogP contribution in [0.5, 0.6) is 0 Å². The molecule has 0 amide bonds. The van der Waals surface area contributed by atoms with Gasteiger partial charge in [-0.25, -0.2) is 0 Å². The third-order valence-electron chi connectivity index (χ3n) is 3.73. The average Bonchev–Trinajstić information content (AvgIpc) is 2.44. The largest absolute Gasteiger partial charge is 0.452 e. The monoisotopic (exact) mass is 256 g/mol. The molecule has 1 aromatic carbocycles. The fourth-order valence-corrected chi connectivity index (χ4v) is 2.59. The van der Waals surface area contributed by atoms with Gasteiger partial charge in [0.1, 0.15) is 0 Å². The molecule has 2 N–H and O–H groups in total. The molecule has 0 saturated carbocycles. The van der Waals surface area contributed by atoms with Crippen molar-refractivity contribution < 1.29 is 4.57 Å². The molecule has 0 saturated heterocycles. The van der Waals surface area contributed by atoms with Crippen LogP contribution in [0.25, 0.3) is 16.5 Å². The zero-order valence-corrected chi connectivity index (χ0v) is 12.2. The first-order chi connectivity index (χ1) is 9.11. The van der Waals surface area contributed by atoms with Crippen LogP contribution in [-0.4, -0.2) is 7.05 Å².